The van der Waals surface area contributed by atoms with Gasteiger partial charge in [-0.15, -0.1) is 0 Å². The van der Waals surface area contributed by atoms with Gasteiger partial charge in [0.1, 0.15) is 11.6 Å². The third-order valence-electron chi connectivity index (χ3n) is 5.20. The lowest BCUT2D eigenvalue weighted by molar-refractivity contribution is -0.165. The molecule has 4 nitrogen and oxygen atoms in total. The van der Waals surface area contributed by atoms with Gasteiger partial charge in [-0.3, -0.25) is 9.59 Å². The van der Waals surface area contributed by atoms with Gasteiger partial charge in [0.05, 0.1) is 0 Å². The molecule has 138 valence electrons. The van der Waals surface area contributed by atoms with Gasteiger partial charge in [0.25, 0.3) is 0 Å². The molecule has 1 aliphatic heterocycles. The van der Waals surface area contributed by atoms with E-state index in [1.54, 1.807) is 24.3 Å². The Labute approximate surface area is 159 Å². The molecule has 3 rings (SSSR count). The maximum atomic E-state index is 13.5. The standard InChI is InChI=1S/C21H24ClNO3/c1-19(2,3)14-11-15(24)21(20(4,5)6)16(18(14)25)17(23-26-21)12-7-9-13(22)10-8-12/h7-11,16H,1-6H3. The number of hydrogen-bond acceptors (Lipinski definition) is 4. The van der Waals surface area contributed by atoms with E-state index < -0.39 is 22.3 Å². The van der Waals surface area contributed by atoms with Gasteiger partial charge in [-0.05, 0) is 23.6 Å². The Bertz CT molecular complexity index is 837. The van der Waals surface area contributed by atoms with Gasteiger partial charge in [0, 0.05) is 21.6 Å². The quantitative estimate of drug-likeness (QED) is 0.722. The summed E-state index contributed by atoms with van der Waals surface area (Å²) in [6.07, 6.45) is 1.46. The summed E-state index contributed by atoms with van der Waals surface area (Å²) >= 11 is 5.99. The normalized spacial score (nSPS) is 26.2. The number of carbonyl (C=O) groups is 2. The number of oxime groups is 1. The molecule has 0 amide bonds. The number of halogens is 1. The van der Waals surface area contributed by atoms with E-state index in [2.05, 4.69) is 5.16 Å². The van der Waals surface area contributed by atoms with E-state index in [1.807, 2.05) is 41.5 Å². The Morgan fingerprint density at radius 1 is 1.04 bits per heavy atom. The number of carbonyl (C=O) groups excluding carboxylic acids is 2. The average molecular weight is 374 g/mol. The molecule has 1 heterocycles. The van der Waals surface area contributed by atoms with Crippen molar-refractivity contribution in [3.8, 4) is 0 Å². The molecule has 1 aliphatic carbocycles. The molecule has 0 radical (unpaired) electrons. The smallest absolute Gasteiger partial charge is 0.219 e. The second-order valence-electron chi connectivity index (χ2n) is 9.03. The Balaban J connectivity index is 2.21. The van der Waals surface area contributed by atoms with E-state index >= 15 is 0 Å². The van der Waals surface area contributed by atoms with Crippen LogP contribution in [-0.4, -0.2) is 22.9 Å². The summed E-state index contributed by atoms with van der Waals surface area (Å²) in [6.45, 7) is 11.5. The van der Waals surface area contributed by atoms with Crippen LogP contribution in [0.2, 0.25) is 5.02 Å². The number of benzene rings is 1. The fourth-order valence-corrected chi connectivity index (χ4v) is 3.87. The monoisotopic (exact) mass is 373 g/mol. The topological polar surface area (TPSA) is 55.7 Å². The van der Waals surface area contributed by atoms with Gasteiger partial charge in [0.15, 0.2) is 5.78 Å². The molecule has 0 saturated heterocycles. The number of nitrogens with zero attached hydrogens (tertiary/aromatic N) is 1. The van der Waals surface area contributed by atoms with Crippen LogP contribution < -0.4 is 0 Å². The second kappa shape index (κ2) is 5.78. The van der Waals surface area contributed by atoms with E-state index in [1.165, 1.54) is 6.08 Å². The third-order valence-corrected chi connectivity index (χ3v) is 5.45. The summed E-state index contributed by atoms with van der Waals surface area (Å²) < 4.78 is 0. The first-order valence-corrected chi connectivity index (χ1v) is 9.10. The fraction of sp³-hybridized carbons (Fsp3) is 0.476. The molecular formula is C21H24ClNO3. The van der Waals surface area contributed by atoms with E-state index in [0.717, 1.165) is 5.56 Å². The molecule has 5 heteroatoms. The van der Waals surface area contributed by atoms with Gasteiger partial charge in [-0.1, -0.05) is 70.4 Å². The molecule has 1 aromatic carbocycles. The fourth-order valence-electron chi connectivity index (χ4n) is 3.75. The zero-order valence-electron chi connectivity index (χ0n) is 16.0. The Morgan fingerprint density at radius 2 is 1.62 bits per heavy atom. The van der Waals surface area contributed by atoms with Crippen molar-refractivity contribution in [3.05, 3.63) is 46.5 Å². The third kappa shape index (κ3) is 2.62. The van der Waals surface area contributed by atoms with Crippen molar-refractivity contribution in [2.45, 2.75) is 47.1 Å². The number of Topliss-reactive ketones (excluding diaryl/α,β-unsaturated/α-hetero) is 1. The van der Waals surface area contributed by atoms with Crippen molar-refractivity contribution in [2.24, 2.45) is 21.9 Å². The highest BCUT2D eigenvalue weighted by molar-refractivity contribution is 6.31. The minimum atomic E-state index is -1.33. The largest absolute Gasteiger partial charge is 0.379 e. The van der Waals surface area contributed by atoms with Crippen molar-refractivity contribution in [3.63, 3.8) is 0 Å². The molecule has 1 aromatic rings. The lowest BCUT2D eigenvalue weighted by atomic mass is 9.58. The summed E-state index contributed by atoms with van der Waals surface area (Å²) in [6, 6.07) is 7.09. The summed E-state index contributed by atoms with van der Waals surface area (Å²) in [5.41, 5.74) is -0.633. The zero-order chi connectivity index (χ0) is 19.5. The molecule has 26 heavy (non-hydrogen) atoms. The van der Waals surface area contributed by atoms with Crippen LogP contribution >= 0.6 is 11.6 Å². The molecule has 0 bridgehead atoms. The first-order valence-electron chi connectivity index (χ1n) is 8.72. The number of ketones is 2. The minimum Gasteiger partial charge on any atom is -0.379 e. The van der Waals surface area contributed by atoms with Gasteiger partial charge in [0.2, 0.25) is 11.4 Å². The highest BCUT2D eigenvalue weighted by Gasteiger charge is 2.66. The molecule has 0 aromatic heterocycles. The van der Waals surface area contributed by atoms with Gasteiger partial charge in [-0.25, -0.2) is 0 Å². The molecule has 0 N–H and O–H groups in total. The van der Waals surface area contributed by atoms with Crippen molar-refractivity contribution >= 4 is 28.9 Å². The summed E-state index contributed by atoms with van der Waals surface area (Å²) in [4.78, 5) is 32.5. The van der Waals surface area contributed by atoms with Crippen LogP contribution in [0, 0.1) is 16.7 Å². The summed E-state index contributed by atoms with van der Waals surface area (Å²) in [5, 5.41) is 4.83. The van der Waals surface area contributed by atoms with Crippen LogP contribution in [0.25, 0.3) is 0 Å². The number of allylic oxidation sites excluding steroid dienone is 1. The van der Waals surface area contributed by atoms with E-state index in [9.17, 15) is 9.59 Å². The molecule has 2 aliphatic rings. The number of fused-ring (bicyclic) bond motifs is 1. The number of rotatable bonds is 1. The average Bonchev–Trinajstić information content (AvgIpc) is 2.93. The van der Waals surface area contributed by atoms with Crippen LogP contribution in [0.3, 0.4) is 0 Å². The number of hydrogen-bond donors (Lipinski definition) is 0. The van der Waals surface area contributed by atoms with Crippen LogP contribution in [0.4, 0.5) is 0 Å². The maximum Gasteiger partial charge on any atom is 0.219 e. The Morgan fingerprint density at radius 3 is 2.12 bits per heavy atom. The predicted molar refractivity (Wildman–Crippen MR) is 102 cm³/mol. The van der Waals surface area contributed by atoms with Gasteiger partial charge in [-0.2, -0.15) is 0 Å². The van der Waals surface area contributed by atoms with Crippen molar-refractivity contribution in [2.75, 3.05) is 0 Å². The van der Waals surface area contributed by atoms with Crippen molar-refractivity contribution in [1.29, 1.82) is 0 Å². The Kier molecular flexibility index (Phi) is 4.19. The lowest BCUT2D eigenvalue weighted by Crippen LogP contribution is -2.61. The molecule has 2 atom stereocenters. The Hall–Kier alpha value is -1.94. The summed E-state index contributed by atoms with van der Waals surface area (Å²) in [7, 11) is 0. The second-order valence-corrected chi connectivity index (χ2v) is 9.47. The first kappa shape index (κ1) is 18.8. The van der Waals surface area contributed by atoms with Crippen molar-refractivity contribution < 1.29 is 14.4 Å². The van der Waals surface area contributed by atoms with E-state index in [0.29, 0.717) is 16.3 Å². The molecule has 0 saturated carbocycles. The first-order chi connectivity index (χ1) is 11.9. The van der Waals surface area contributed by atoms with E-state index in [4.69, 9.17) is 16.4 Å². The lowest BCUT2D eigenvalue weighted by Gasteiger charge is -2.44. The van der Waals surface area contributed by atoms with E-state index in [-0.39, 0.29) is 11.6 Å². The zero-order valence-corrected chi connectivity index (χ0v) is 16.8. The predicted octanol–water partition coefficient (Wildman–Crippen LogP) is 4.60. The SMILES string of the molecule is CC(C)(C)C1=CC(=O)C2(C(C)(C)C)ON=C(c3ccc(Cl)cc3)C2C1=O. The van der Waals surface area contributed by atoms with Crippen LogP contribution in [0.1, 0.15) is 47.1 Å². The molecule has 0 spiro atoms. The van der Waals surface area contributed by atoms with Crippen LogP contribution in [-0.2, 0) is 14.4 Å². The summed E-state index contributed by atoms with van der Waals surface area (Å²) in [5.74, 6) is -1.07. The van der Waals surface area contributed by atoms with Gasteiger partial charge >= 0.3 is 0 Å². The van der Waals surface area contributed by atoms with Crippen LogP contribution in [0.5, 0.6) is 0 Å². The van der Waals surface area contributed by atoms with Gasteiger partial charge < -0.3 is 4.84 Å². The minimum absolute atomic E-state index is 0.0989. The molecular weight excluding hydrogens is 350 g/mol. The highest BCUT2D eigenvalue weighted by Crippen LogP contribution is 2.51. The van der Waals surface area contributed by atoms with Crippen LogP contribution in [0.15, 0.2) is 41.1 Å². The van der Waals surface area contributed by atoms with Crippen molar-refractivity contribution in [1.82, 2.24) is 0 Å². The maximum absolute atomic E-state index is 13.5. The molecule has 0 fully saturated rings. The highest BCUT2D eigenvalue weighted by atomic mass is 35.5. The molecule has 2 unspecified atom stereocenters.